The highest BCUT2D eigenvalue weighted by Crippen LogP contribution is 2.29. The Labute approximate surface area is 166 Å². The Bertz CT molecular complexity index is 1130. The number of aromatic nitrogens is 3. The summed E-state index contributed by atoms with van der Waals surface area (Å²) in [5, 5.41) is 17.6. The lowest BCUT2D eigenvalue weighted by molar-refractivity contribution is 0.0697. The molecule has 8 heteroatoms. The second-order valence-electron chi connectivity index (χ2n) is 6.93. The van der Waals surface area contributed by atoms with Crippen molar-refractivity contribution in [1.82, 2.24) is 15.2 Å². The molecule has 2 aromatic heterocycles. The van der Waals surface area contributed by atoms with Crippen LogP contribution in [0.25, 0.3) is 22.9 Å². The molecule has 2 aromatic carbocycles. The zero-order chi connectivity index (χ0) is 20.4. The molecule has 4 aromatic rings. The molecule has 0 aliphatic heterocycles. The molecule has 0 fully saturated rings. The molecule has 0 saturated carbocycles. The zero-order valence-electron chi connectivity index (χ0n) is 15.6. The molecule has 2 heterocycles. The molecule has 0 saturated heterocycles. The molecule has 0 spiro atoms. The van der Waals surface area contributed by atoms with Gasteiger partial charge in [0.1, 0.15) is 6.26 Å². The number of carboxylic acids is 1. The minimum atomic E-state index is -1.09. The molecule has 1 atom stereocenters. The van der Waals surface area contributed by atoms with Crippen LogP contribution in [0, 0.1) is 0 Å². The smallest absolute Gasteiger partial charge is 0.335 e. The predicted octanol–water partition coefficient (Wildman–Crippen LogP) is 3.51. The summed E-state index contributed by atoms with van der Waals surface area (Å²) in [6.45, 7) is 1.81. The first-order chi connectivity index (χ1) is 13.9. The third-order valence-corrected chi connectivity index (χ3v) is 4.43. The second-order valence-corrected chi connectivity index (χ2v) is 6.93. The molecule has 0 unspecified atom stereocenters. The summed E-state index contributed by atoms with van der Waals surface area (Å²) in [4.78, 5) is 15.6. The van der Waals surface area contributed by atoms with E-state index >= 15 is 0 Å². The lowest BCUT2D eigenvalue weighted by Crippen LogP contribution is -2.35. The Balaban J connectivity index is 1.69. The Morgan fingerprint density at radius 1 is 1.10 bits per heavy atom. The predicted molar refractivity (Wildman–Crippen MR) is 104 cm³/mol. The van der Waals surface area contributed by atoms with Crippen LogP contribution in [0.1, 0.15) is 28.7 Å². The average molecular weight is 390 g/mol. The topological polar surface area (TPSA) is 128 Å². The molecule has 146 valence electrons. The number of rotatable bonds is 6. The highest BCUT2D eigenvalue weighted by atomic mass is 16.4. The molecule has 4 rings (SSSR count). The molecule has 0 aliphatic rings. The van der Waals surface area contributed by atoms with Crippen molar-refractivity contribution in [3.8, 4) is 22.9 Å². The first-order valence-corrected chi connectivity index (χ1v) is 8.88. The minimum Gasteiger partial charge on any atom is -0.478 e. The van der Waals surface area contributed by atoms with Gasteiger partial charge in [-0.3, -0.25) is 0 Å². The fourth-order valence-corrected chi connectivity index (χ4v) is 3.03. The normalized spacial score (nSPS) is 13.2. The lowest BCUT2D eigenvalue weighted by Gasteiger charge is -2.20. The zero-order valence-corrected chi connectivity index (χ0v) is 15.6. The van der Waals surface area contributed by atoms with E-state index in [9.17, 15) is 9.90 Å². The third kappa shape index (κ3) is 3.92. The number of benzene rings is 2. The Morgan fingerprint density at radius 3 is 2.48 bits per heavy atom. The first kappa shape index (κ1) is 18.6. The number of carbonyl (C=O) groups is 1. The summed E-state index contributed by atoms with van der Waals surface area (Å²) in [6.07, 6.45) is 3.40. The van der Waals surface area contributed by atoms with Gasteiger partial charge in [0.05, 0.1) is 17.3 Å². The number of nitrogens with two attached hydrogens (primary N) is 1. The van der Waals surface area contributed by atoms with Crippen molar-refractivity contribution in [2.45, 2.75) is 18.9 Å². The van der Waals surface area contributed by atoms with Crippen LogP contribution in [0.15, 0.2) is 69.8 Å². The van der Waals surface area contributed by atoms with Crippen molar-refractivity contribution >= 4 is 5.97 Å². The largest absolute Gasteiger partial charge is 0.478 e. The van der Waals surface area contributed by atoms with Crippen molar-refractivity contribution < 1.29 is 18.7 Å². The Morgan fingerprint density at radius 2 is 1.83 bits per heavy atom. The summed E-state index contributed by atoms with van der Waals surface area (Å²) in [5.41, 5.74) is 7.56. The van der Waals surface area contributed by atoms with E-state index in [1.807, 2.05) is 37.3 Å². The molecule has 0 amide bonds. The second kappa shape index (κ2) is 7.33. The van der Waals surface area contributed by atoms with Gasteiger partial charge < -0.3 is 19.7 Å². The SMILES string of the molecule is C[C@@](N)(Cc1ccccc1)c1nnc(-c2cc(C(=O)O)cc(-c3ncco3)c2)o1. The van der Waals surface area contributed by atoms with Crippen LogP contribution in [-0.2, 0) is 12.0 Å². The Kier molecular flexibility index (Phi) is 4.69. The Hall–Kier alpha value is -3.78. The summed E-state index contributed by atoms with van der Waals surface area (Å²) in [5.74, 6) is -0.371. The summed E-state index contributed by atoms with van der Waals surface area (Å²) >= 11 is 0. The number of oxazole rings is 1. The summed E-state index contributed by atoms with van der Waals surface area (Å²) in [7, 11) is 0. The van der Waals surface area contributed by atoms with E-state index in [2.05, 4.69) is 15.2 Å². The van der Waals surface area contributed by atoms with Crippen LogP contribution in [-0.4, -0.2) is 26.3 Å². The fraction of sp³-hybridized carbons (Fsp3) is 0.143. The molecule has 0 aliphatic carbocycles. The van der Waals surface area contributed by atoms with Gasteiger partial charge in [0.25, 0.3) is 0 Å². The van der Waals surface area contributed by atoms with E-state index in [1.165, 1.54) is 24.6 Å². The number of nitrogens with zero attached hydrogens (tertiary/aromatic N) is 3. The van der Waals surface area contributed by atoms with Crippen molar-refractivity contribution in [2.75, 3.05) is 0 Å². The number of carboxylic acid groups (broad SMARTS) is 1. The lowest BCUT2D eigenvalue weighted by atomic mass is 9.94. The molecule has 29 heavy (non-hydrogen) atoms. The van der Waals surface area contributed by atoms with Gasteiger partial charge in [-0.15, -0.1) is 10.2 Å². The monoisotopic (exact) mass is 390 g/mol. The van der Waals surface area contributed by atoms with Gasteiger partial charge >= 0.3 is 5.97 Å². The van der Waals surface area contributed by atoms with Gasteiger partial charge in [0.15, 0.2) is 0 Å². The van der Waals surface area contributed by atoms with Crippen molar-refractivity contribution in [3.05, 3.63) is 78.0 Å². The van der Waals surface area contributed by atoms with E-state index < -0.39 is 11.5 Å². The van der Waals surface area contributed by atoms with E-state index in [4.69, 9.17) is 14.6 Å². The quantitative estimate of drug-likeness (QED) is 0.512. The number of hydrogen-bond acceptors (Lipinski definition) is 7. The maximum atomic E-state index is 11.5. The molecule has 3 N–H and O–H groups in total. The highest BCUT2D eigenvalue weighted by Gasteiger charge is 2.29. The first-order valence-electron chi connectivity index (χ1n) is 8.88. The summed E-state index contributed by atoms with van der Waals surface area (Å²) < 4.78 is 11.1. The van der Waals surface area contributed by atoms with Gasteiger partial charge in [-0.25, -0.2) is 9.78 Å². The highest BCUT2D eigenvalue weighted by molar-refractivity contribution is 5.91. The maximum Gasteiger partial charge on any atom is 0.335 e. The van der Waals surface area contributed by atoms with Crippen LogP contribution < -0.4 is 5.73 Å². The minimum absolute atomic E-state index is 0.0512. The van der Waals surface area contributed by atoms with Crippen molar-refractivity contribution in [3.63, 3.8) is 0 Å². The van der Waals surface area contributed by atoms with Crippen LogP contribution in [0.4, 0.5) is 0 Å². The molecule has 8 nitrogen and oxygen atoms in total. The van der Waals surface area contributed by atoms with Crippen LogP contribution >= 0.6 is 0 Å². The van der Waals surface area contributed by atoms with Gasteiger partial charge in [0, 0.05) is 11.1 Å². The fourth-order valence-electron chi connectivity index (χ4n) is 3.03. The van der Waals surface area contributed by atoms with E-state index in [-0.39, 0.29) is 17.3 Å². The molecule has 0 bridgehead atoms. The van der Waals surface area contributed by atoms with Crippen molar-refractivity contribution in [1.29, 1.82) is 0 Å². The van der Waals surface area contributed by atoms with E-state index in [0.29, 0.717) is 23.4 Å². The standard InChI is InChI=1S/C21H18N4O4/c1-21(22,12-13-5-3-2-4-6-13)20-25-24-18(29-20)15-9-14(17-23-7-8-28-17)10-16(11-15)19(26)27/h2-11H,12,22H2,1H3,(H,26,27)/t21-/m1/s1. The maximum absolute atomic E-state index is 11.5. The van der Waals surface area contributed by atoms with Gasteiger partial charge in [-0.2, -0.15) is 0 Å². The van der Waals surface area contributed by atoms with Crippen LogP contribution in [0.5, 0.6) is 0 Å². The van der Waals surface area contributed by atoms with Gasteiger partial charge in [-0.05, 0) is 37.1 Å². The van der Waals surface area contributed by atoms with Gasteiger partial charge in [-0.1, -0.05) is 30.3 Å². The number of hydrogen-bond donors (Lipinski definition) is 2. The van der Waals surface area contributed by atoms with Crippen LogP contribution in [0.3, 0.4) is 0 Å². The third-order valence-electron chi connectivity index (χ3n) is 4.43. The number of aromatic carboxylic acids is 1. The van der Waals surface area contributed by atoms with Crippen molar-refractivity contribution in [2.24, 2.45) is 5.73 Å². The molecular weight excluding hydrogens is 372 g/mol. The molecule has 0 radical (unpaired) electrons. The van der Waals surface area contributed by atoms with E-state index in [0.717, 1.165) is 5.56 Å². The van der Waals surface area contributed by atoms with E-state index in [1.54, 1.807) is 6.07 Å². The van der Waals surface area contributed by atoms with Gasteiger partial charge in [0.2, 0.25) is 17.7 Å². The average Bonchev–Trinajstić information content (AvgIpc) is 3.40. The molecular formula is C21H18N4O4. The summed E-state index contributed by atoms with van der Waals surface area (Å²) in [6, 6.07) is 14.4. The van der Waals surface area contributed by atoms with Crippen LogP contribution in [0.2, 0.25) is 0 Å².